The zero-order chi connectivity index (χ0) is 14.5. The van der Waals surface area contributed by atoms with Gasteiger partial charge in [-0.15, -0.1) is 0 Å². The number of amides is 1. The van der Waals surface area contributed by atoms with Gasteiger partial charge in [0.1, 0.15) is 5.69 Å². The molecule has 0 aliphatic rings. The van der Waals surface area contributed by atoms with Crippen LogP contribution in [0.4, 0.5) is 11.4 Å². The van der Waals surface area contributed by atoms with Crippen molar-refractivity contribution in [2.45, 2.75) is 6.54 Å². The first-order valence-corrected chi connectivity index (χ1v) is 5.94. The van der Waals surface area contributed by atoms with Gasteiger partial charge >= 0.3 is 0 Å². The molecule has 0 fully saturated rings. The number of nitrogen functional groups attached to an aromatic ring is 1. The third-order valence-electron chi connectivity index (χ3n) is 2.79. The molecule has 0 spiro atoms. The monoisotopic (exact) mass is 271 g/mol. The molecule has 1 amide bonds. The first kappa shape index (κ1) is 13.5. The predicted molar refractivity (Wildman–Crippen MR) is 75.1 cm³/mol. The van der Waals surface area contributed by atoms with Crippen LogP contribution >= 0.6 is 0 Å². The van der Waals surface area contributed by atoms with Crippen molar-refractivity contribution in [3.8, 4) is 0 Å². The van der Waals surface area contributed by atoms with Gasteiger partial charge in [-0.3, -0.25) is 14.9 Å². The third-order valence-corrected chi connectivity index (χ3v) is 2.79. The number of rotatable bonds is 4. The molecule has 0 radical (unpaired) electrons. The van der Waals surface area contributed by atoms with Crippen molar-refractivity contribution in [2.75, 3.05) is 5.73 Å². The minimum Gasteiger partial charge on any atom is -0.393 e. The van der Waals surface area contributed by atoms with Crippen LogP contribution in [0, 0.1) is 10.1 Å². The Morgan fingerprint density at radius 2 is 1.90 bits per heavy atom. The van der Waals surface area contributed by atoms with Gasteiger partial charge in [0.2, 0.25) is 0 Å². The smallest absolute Gasteiger partial charge is 0.292 e. The van der Waals surface area contributed by atoms with Crippen molar-refractivity contribution < 1.29 is 9.72 Å². The molecule has 6 nitrogen and oxygen atoms in total. The summed E-state index contributed by atoms with van der Waals surface area (Å²) in [6.45, 7) is 0.359. The number of nitrogens with zero attached hydrogens (tertiary/aromatic N) is 1. The molecule has 0 aliphatic carbocycles. The lowest BCUT2D eigenvalue weighted by Crippen LogP contribution is -2.22. The highest BCUT2D eigenvalue weighted by Gasteiger charge is 2.15. The lowest BCUT2D eigenvalue weighted by Gasteiger charge is -2.06. The Kier molecular flexibility index (Phi) is 3.95. The van der Waals surface area contributed by atoms with Crippen molar-refractivity contribution in [1.82, 2.24) is 5.32 Å². The molecule has 0 aliphatic heterocycles. The van der Waals surface area contributed by atoms with Crippen LogP contribution < -0.4 is 11.1 Å². The van der Waals surface area contributed by atoms with Gasteiger partial charge in [-0.05, 0) is 17.7 Å². The Morgan fingerprint density at radius 1 is 1.20 bits per heavy atom. The van der Waals surface area contributed by atoms with Gasteiger partial charge in [0.25, 0.3) is 11.6 Å². The average molecular weight is 271 g/mol. The van der Waals surface area contributed by atoms with Gasteiger partial charge in [-0.1, -0.05) is 30.3 Å². The van der Waals surface area contributed by atoms with E-state index >= 15 is 0 Å². The summed E-state index contributed by atoms with van der Waals surface area (Å²) in [5.41, 5.74) is 6.41. The molecule has 0 aromatic heterocycles. The number of nitrogens with two attached hydrogens (primary N) is 1. The van der Waals surface area contributed by atoms with E-state index in [0.29, 0.717) is 6.54 Å². The summed E-state index contributed by atoms with van der Waals surface area (Å²) in [6.07, 6.45) is 0. The molecule has 102 valence electrons. The van der Waals surface area contributed by atoms with Crippen molar-refractivity contribution in [1.29, 1.82) is 0 Å². The zero-order valence-electron chi connectivity index (χ0n) is 10.6. The van der Waals surface area contributed by atoms with Gasteiger partial charge in [0, 0.05) is 18.2 Å². The highest BCUT2D eigenvalue weighted by Crippen LogP contribution is 2.22. The number of carbonyl (C=O) groups is 1. The first-order chi connectivity index (χ1) is 9.58. The minimum atomic E-state index is -0.608. The Balaban J connectivity index is 2.10. The van der Waals surface area contributed by atoms with E-state index in [1.54, 1.807) is 0 Å². The molecule has 2 rings (SSSR count). The maximum atomic E-state index is 11.9. The standard InChI is InChI=1S/C14H13N3O3/c15-12-7-6-11(8-13(12)17(19)20)14(18)16-9-10-4-2-1-3-5-10/h1-8H,9,15H2,(H,16,18). The van der Waals surface area contributed by atoms with Crippen LogP contribution in [0.15, 0.2) is 48.5 Å². The van der Waals surface area contributed by atoms with Gasteiger partial charge in [0.05, 0.1) is 4.92 Å². The number of nitro groups is 1. The Bertz CT molecular complexity index is 641. The fourth-order valence-electron chi connectivity index (χ4n) is 1.72. The van der Waals surface area contributed by atoms with Crippen LogP contribution in [0.3, 0.4) is 0 Å². The largest absolute Gasteiger partial charge is 0.393 e. The number of hydrogen-bond donors (Lipinski definition) is 2. The summed E-state index contributed by atoms with van der Waals surface area (Å²) in [5.74, 6) is -0.378. The molecule has 20 heavy (non-hydrogen) atoms. The Labute approximate surface area is 115 Å². The molecule has 0 bridgehead atoms. The molecule has 3 N–H and O–H groups in total. The van der Waals surface area contributed by atoms with Gasteiger partial charge in [0.15, 0.2) is 0 Å². The molecule has 0 unspecified atom stereocenters. The fourth-order valence-corrected chi connectivity index (χ4v) is 1.72. The molecular weight excluding hydrogens is 258 g/mol. The number of benzene rings is 2. The second kappa shape index (κ2) is 5.83. The maximum Gasteiger partial charge on any atom is 0.292 e. The molecule has 2 aromatic carbocycles. The number of nitrogens with one attached hydrogen (secondary N) is 1. The third kappa shape index (κ3) is 3.11. The van der Waals surface area contributed by atoms with E-state index in [-0.39, 0.29) is 22.8 Å². The SMILES string of the molecule is Nc1ccc(C(=O)NCc2ccccc2)cc1[N+](=O)[O-]. The summed E-state index contributed by atoms with van der Waals surface area (Å²) in [4.78, 5) is 22.1. The quantitative estimate of drug-likeness (QED) is 0.505. The van der Waals surface area contributed by atoms with E-state index < -0.39 is 4.92 Å². The van der Waals surface area contributed by atoms with E-state index in [1.165, 1.54) is 18.2 Å². The Hall–Kier alpha value is -2.89. The number of hydrogen-bond acceptors (Lipinski definition) is 4. The van der Waals surface area contributed by atoms with Gasteiger partial charge in [-0.2, -0.15) is 0 Å². The second-order valence-electron chi connectivity index (χ2n) is 4.20. The van der Waals surface area contributed by atoms with Crippen molar-refractivity contribution >= 4 is 17.3 Å². The van der Waals surface area contributed by atoms with Crippen LogP contribution in [0.25, 0.3) is 0 Å². The Morgan fingerprint density at radius 3 is 2.55 bits per heavy atom. The van der Waals surface area contributed by atoms with Crippen molar-refractivity contribution in [3.05, 3.63) is 69.8 Å². The van der Waals surface area contributed by atoms with Crippen LogP contribution in [-0.4, -0.2) is 10.8 Å². The number of anilines is 1. The van der Waals surface area contributed by atoms with Gasteiger partial charge in [-0.25, -0.2) is 0 Å². The summed E-state index contributed by atoms with van der Waals surface area (Å²) >= 11 is 0. The minimum absolute atomic E-state index is 0.0367. The topological polar surface area (TPSA) is 98.3 Å². The molecule has 6 heteroatoms. The van der Waals surface area contributed by atoms with E-state index in [0.717, 1.165) is 5.56 Å². The number of nitro benzene ring substituents is 1. The summed E-state index contributed by atoms with van der Waals surface area (Å²) < 4.78 is 0. The molecule has 0 saturated carbocycles. The van der Waals surface area contributed by atoms with E-state index in [2.05, 4.69) is 5.32 Å². The average Bonchev–Trinajstić information content (AvgIpc) is 2.46. The van der Waals surface area contributed by atoms with Gasteiger partial charge < -0.3 is 11.1 Å². The van der Waals surface area contributed by atoms with E-state index in [1.807, 2.05) is 30.3 Å². The predicted octanol–water partition coefficient (Wildman–Crippen LogP) is 2.11. The van der Waals surface area contributed by atoms with Crippen molar-refractivity contribution in [3.63, 3.8) is 0 Å². The van der Waals surface area contributed by atoms with Crippen LogP contribution in [0.2, 0.25) is 0 Å². The molecule has 2 aromatic rings. The fraction of sp³-hybridized carbons (Fsp3) is 0.0714. The normalized spacial score (nSPS) is 10.0. The summed E-state index contributed by atoms with van der Waals surface area (Å²) in [5, 5.41) is 13.5. The molecule has 0 saturated heterocycles. The molecule has 0 heterocycles. The highest BCUT2D eigenvalue weighted by molar-refractivity contribution is 5.95. The van der Waals surface area contributed by atoms with E-state index in [9.17, 15) is 14.9 Å². The maximum absolute atomic E-state index is 11.9. The van der Waals surface area contributed by atoms with Crippen LogP contribution in [0.5, 0.6) is 0 Å². The van der Waals surface area contributed by atoms with Crippen LogP contribution in [0.1, 0.15) is 15.9 Å². The van der Waals surface area contributed by atoms with Crippen LogP contribution in [-0.2, 0) is 6.54 Å². The summed E-state index contributed by atoms with van der Waals surface area (Å²) in [7, 11) is 0. The molecule has 0 atom stereocenters. The van der Waals surface area contributed by atoms with E-state index in [4.69, 9.17) is 5.73 Å². The number of carbonyl (C=O) groups excluding carboxylic acids is 1. The lowest BCUT2D eigenvalue weighted by atomic mass is 10.1. The lowest BCUT2D eigenvalue weighted by molar-refractivity contribution is -0.383. The van der Waals surface area contributed by atoms with Crippen molar-refractivity contribution in [2.24, 2.45) is 0 Å². The summed E-state index contributed by atoms with van der Waals surface area (Å²) in [6, 6.07) is 13.4. The first-order valence-electron chi connectivity index (χ1n) is 5.94. The molecular formula is C14H13N3O3. The second-order valence-corrected chi connectivity index (χ2v) is 4.20. The highest BCUT2D eigenvalue weighted by atomic mass is 16.6. The zero-order valence-corrected chi connectivity index (χ0v) is 10.6.